The van der Waals surface area contributed by atoms with Crippen LogP contribution in [0.4, 0.5) is 0 Å². The van der Waals surface area contributed by atoms with Crippen molar-refractivity contribution in [3.63, 3.8) is 0 Å². The van der Waals surface area contributed by atoms with Crippen molar-refractivity contribution >= 4 is 7.37 Å². The van der Waals surface area contributed by atoms with E-state index in [1.54, 1.807) is 7.11 Å². The first kappa shape index (κ1) is 11.2. The Hall–Kier alpha value is 0.190. The average Bonchev–Trinajstić information content (AvgIpc) is 2.02. The number of rotatable bonds is 6. The van der Waals surface area contributed by atoms with Gasteiger partial charge in [-0.05, 0) is 12.8 Å². The minimum absolute atomic E-state index is 0.740. The molecule has 0 saturated heterocycles. The van der Waals surface area contributed by atoms with Crippen molar-refractivity contribution in [2.45, 2.75) is 33.1 Å². The van der Waals surface area contributed by atoms with Crippen molar-refractivity contribution < 1.29 is 9.09 Å². The molecule has 0 aromatic carbocycles. The van der Waals surface area contributed by atoms with E-state index in [0.29, 0.717) is 0 Å². The van der Waals surface area contributed by atoms with Gasteiger partial charge >= 0.3 is 0 Å². The summed E-state index contributed by atoms with van der Waals surface area (Å²) in [6.45, 7) is 4.14. The van der Waals surface area contributed by atoms with Crippen LogP contribution in [0.15, 0.2) is 0 Å². The lowest BCUT2D eigenvalue weighted by molar-refractivity contribution is 0.391. The molecular weight excluding hydrogens is 159 g/mol. The molecule has 0 aliphatic heterocycles. The predicted molar refractivity (Wildman–Crippen MR) is 49.5 cm³/mol. The van der Waals surface area contributed by atoms with E-state index in [2.05, 4.69) is 6.92 Å². The summed E-state index contributed by atoms with van der Waals surface area (Å²) in [5.74, 6) is 0. The predicted octanol–water partition coefficient (Wildman–Crippen LogP) is 3.12. The van der Waals surface area contributed by atoms with E-state index >= 15 is 0 Å². The standard InChI is InChI=1S/C8H19O2P/c1-4-6-8-11(9,10-3)7-5-2/h4-8H2,1-3H3. The average molecular weight is 178 g/mol. The summed E-state index contributed by atoms with van der Waals surface area (Å²) in [6.07, 6.45) is 4.56. The molecule has 0 heterocycles. The fraction of sp³-hybridized carbons (Fsp3) is 1.00. The van der Waals surface area contributed by atoms with Crippen LogP contribution >= 0.6 is 7.37 Å². The van der Waals surface area contributed by atoms with Gasteiger partial charge in [0.15, 0.2) is 0 Å². The first-order chi connectivity index (χ1) is 5.18. The van der Waals surface area contributed by atoms with Gasteiger partial charge in [0.25, 0.3) is 0 Å². The number of unbranched alkanes of at least 4 members (excludes halogenated alkanes) is 1. The molecule has 0 N–H and O–H groups in total. The van der Waals surface area contributed by atoms with E-state index in [0.717, 1.165) is 31.6 Å². The molecule has 0 radical (unpaired) electrons. The summed E-state index contributed by atoms with van der Waals surface area (Å²) < 4.78 is 16.8. The molecule has 0 saturated carbocycles. The quantitative estimate of drug-likeness (QED) is 0.584. The van der Waals surface area contributed by atoms with Gasteiger partial charge in [-0.15, -0.1) is 0 Å². The Labute approximate surface area is 69.8 Å². The van der Waals surface area contributed by atoms with Crippen molar-refractivity contribution in [1.82, 2.24) is 0 Å². The maximum Gasteiger partial charge on any atom is 0.202 e. The smallest absolute Gasteiger partial charge is 0.202 e. The van der Waals surface area contributed by atoms with Gasteiger partial charge in [-0.1, -0.05) is 20.3 Å². The third-order valence-corrected chi connectivity index (χ3v) is 4.54. The second-order valence-electron chi connectivity index (χ2n) is 2.80. The highest BCUT2D eigenvalue weighted by Crippen LogP contribution is 2.47. The molecule has 2 nitrogen and oxygen atoms in total. The third kappa shape index (κ3) is 4.60. The van der Waals surface area contributed by atoms with Crippen LogP contribution in [0, 0.1) is 0 Å². The van der Waals surface area contributed by atoms with Crippen LogP contribution in [-0.4, -0.2) is 19.4 Å². The highest BCUT2D eigenvalue weighted by atomic mass is 31.2. The SMILES string of the molecule is CCCCP(=O)(CCC)OC. The molecule has 0 amide bonds. The molecular formula is C8H19O2P. The molecule has 1 atom stereocenters. The van der Waals surface area contributed by atoms with Crippen LogP contribution in [0.2, 0.25) is 0 Å². The van der Waals surface area contributed by atoms with Gasteiger partial charge < -0.3 is 4.52 Å². The monoisotopic (exact) mass is 178 g/mol. The molecule has 0 aromatic heterocycles. The van der Waals surface area contributed by atoms with Crippen molar-refractivity contribution in [3.05, 3.63) is 0 Å². The Morgan fingerprint density at radius 2 is 1.82 bits per heavy atom. The molecule has 0 bridgehead atoms. The molecule has 0 fully saturated rings. The third-order valence-electron chi connectivity index (χ3n) is 1.75. The lowest BCUT2D eigenvalue weighted by Gasteiger charge is -2.14. The second kappa shape index (κ2) is 5.79. The highest BCUT2D eigenvalue weighted by molar-refractivity contribution is 7.58. The Kier molecular flexibility index (Phi) is 5.89. The van der Waals surface area contributed by atoms with E-state index < -0.39 is 7.37 Å². The van der Waals surface area contributed by atoms with Crippen LogP contribution in [-0.2, 0) is 9.09 Å². The molecule has 3 heteroatoms. The van der Waals surface area contributed by atoms with E-state index in [1.165, 1.54) is 0 Å². The molecule has 68 valence electrons. The summed E-state index contributed by atoms with van der Waals surface area (Å²) >= 11 is 0. The zero-order valence-electron chi connectivity index (χ0n) is 7.80. The lowest BCUT2D eigenvalue weighted by Crippen LogP contribution is -1.96. The van der Waals surface area contributed by atoms with Crippen LogP contribution in [0.25, 0.3) is 0 Å². The first-order valence-corrected chi connectivity index (χ1v) is 6.32. The zero-order valence-corrected chi connectivity index (χ0v) is 8.69. The molecule has 0 aliphatic carbocycles. The Bertz CT molecular complexity index is 134. The van der Waals surface area contributed by atoms with Gasteiger partial charge in [0, 0.05) is 19.4 Å². The Balaban J connectivity index is 3.79. The molecule has 1 unspecified atom stereocenters. The maximum atomic E-state index is 11.7. The number of hydrogen-bond donors (Lipinski definition) is 0. The van der Waals surface area contributed by atoms with E-state index in [4.69, 9.17) is 4.52 Å². The lowest BCUT2D eigenvalue weighted by atomic mass is 10.4. The van der Waals surface area contributed by atoms with Crippen molar-refractivity contribution in [3.8, 4) is 0 Å². The maximum absolute atomic E-state index is 11.7. The zero-order chi connectivity index (χ0) is 8.74. The normalized spacial score (nSPS) is 16.3. The molecule has 0 aromatic rings. The van der Waals surface area contributed by atoms with Crippen LogP contribution in [0.5, 0.6) is 0 Å². The summed E-state index contributed by atoms with van der Waals surface area (Å²) in [7, 11) is -0.655. The van der Waals surface area contributed by atoms with Gasteiger partial charge in [0.2, 0.25) is 7.37 Å². The highest BCUT2D eigenvalue weighted by Gasteiger charge is 2.18. The van der Waals surface area contributed by atoms with Gasteiger partial charge in [-0.2, -0.15) is 0 Å². The van der Waals surface area contributed by atoms with Crippen LogP contribution < -0.4 is 0 Å². The molecule has 11 heavy (non-hydrogen) atoms. The van der Waals surface area contributed by atoms with E-state index in [-0.39, 0.29) is 0 Å². The minimum atomic E-state index is -2.22. The summed E-state index contributed by atoms with van der Waals surface area (Å²) in [6, 6.07) is 0. The molecule has 0 aliphatic rings. The van der Waals surface area contributed by atoms with Gasteiger partial charge in [-0.3, -0.25) is 4.57 Å². The minimum Gasteiger partial charge on any atom is -0.332 e. The van der Waals surface area contributed by atoms with Crippen molar-refractivity contribution in [1.29, 1.82) is 0 Å². The summed E-state index contributed by atoms with van der Waals surface area (Å²) in [5, 5.41) is 0. The fourth-order valence-electron chi connectivity index (χ4n) is 1.03. The fourth-order valence-corrected chi connectivity index (χ4v) is 3.10. The summed E-state index contributed by atoms with van der Waals surface area (Å²) in [5.41, 5.74) is 0. The Morgan fingerprint density at radius 1 is 1.18 bits per heavy atom. The van der Waals surface area contributed by atoms with Crippen molar-refractivity contribution in [2.24, 2.45) is 0 Å². The second-order valence-corrected chi connectivity index (χ2v) is 5.69. The summed E-state index contributed by atoms with van der Waals surface area (Å²) in [4.78, 5) is 0. The van der Waals surface area contributed by atoms with E-state index in [9.17, 15) is 4.57 Å². The van der Waals surface area contributed by atoms with Crippen LogP contribution in [0.1, 0.15) is 33.1 Å². The number of hydrogen-bond acceptors (Lipinski definition) is 2. The topological polar surface area (TPSA) is 26.3 Å². The van der Waals surface area contributed by atoms with Crippen molar-refractivity contribution in [2.75, 3.05) is 19.4 Å². The van der Waals surface area contributed by atoms with Gasteiger partial charge in [-0.25, -0.2) is 0 Å². The van der Waals surface area contributed by atoms with Gasteiger partial charge in [0.05, 0.1) is 0 Å². The van der Waals surface area contributed by atoms with Gasteiger partial charge in [0.1, 0.15) is 0 Å². The van der Waals surface area contributed by atoms with E-state index in [1.807, 2.05) is 6.92 Å². The largest absolute Gasteiger partial charge is 0.332 e. The molecule has 0 spiro atoms. The van der Waals surface area contributed by atoms with Crippen LogP contribution in [0.3, 0.4) is 0 Å². The first-order valence-electron chi connectivity index (χ1n) is 4.32. The Morgan fingerprint density at radius 3 is 2.18 bits per heavy atom. The molecule has 0 rings (SSSR count).